The Morgan fingerprint density at radius 3 is 2.56 bits per heavy atom. The summed E-state index contributed by atoms with van der Waals surface area (Å²) in [5.41, 5.74) is 4.10. The summed E-state index contributed by atoms with van der Waals surface area (Å²) in [6.07, 6.45) is 3.59. The van der Waals surface area contributed by atoms with E-state index < -0.39 is 0 Å². The van der Waals surface area contributed by atoms with Gasteiger partial charge in [0.1, 0.15) is 0 Å². The molecule has 1 aromatic rings. The van der Waals surface area contributed by atoms with E-state index in [1.54, 1.807) is 7.05 Å². The normalized spacial score (nSPS) is 17.9. The van der Waals surface area contributed by atoms with Gasteiger partial charge in [0.15, 0.2) is 0 Å². The Morgan fingerprint density at radius 2 is 2.00 bits per heavy atom. The molecule has 0 saturated carbocycles. The van der Waals surface area contributed by atoms with Gasteiger partial charge in [-0.05, 0) is 30.7 Å². The van der Waals surface area contributed by atoms with Crippen LogP contribution in [0.2, 0.25) is 0 Å². The van der Waals surface area contributed by atoms with E-state index in [4.69, 9.17) is 5.84 Å². The largest absolute Gasteiger partial charge is 0.342 e. The number of piperidine rings is 1. The summed E-state index contributed by atoms with van der Waals surface area (Å²) in [5, 5.41) is 0. The van der Waals surface area contributed by atoms with Gasteiger partial charge in [-0.25, -0.2) is 5.84 Å². The van der Waals surface area contributed by atoms with Gasteiger partial charge in [0.25, 0.3) is 0 Å². The van der Waals surface area contributed by atoms with Gasteiger partial charge in [0.2, 0.25) is 5.96 Å². The lowest BCUT2D eigenvalue weighted by Gasteiger charge is -2.33. The predicted octanol–water partition coefficient (Wildman–Crippen LogP) is 1.39. The zero-order chi connectivity index (χ0) is 12.8. The van der Waals surface area contributed by atoms with Crippen molar-refractivity contribution >= 4 is 5.96 Å². The molecule has 0 unspecified atom stereocenters. The van der Waals surface area contributed by atoms with E-state index >= 15 is 0 Å². The lowest BCUT2D eigenvalue weighted by atomic mass is 9.90. The van der Waals surface area contributed by atoms with Gasteiger partial charge >= 0.3 is 0 Å². The fourth-order valence-electron chi connectivity index (χ4n) is 2.59. The predicted molar refractivity (Wildman–Crippen MR) is 75.1 cm³/mol. The molecule has 1 heterocycles. The van der Waals surface area contributed by atoms with E-state index in [1.165, 1.54) is 24.8 Å². The number of hydrogen-bond donors (Lipinski definition) is 2. The van der Waals surface area contributed by atoms with Gasteiger partial charge < -0.3 is 4.90 Å². The van der Waals surface area contributed by atoms with Crippen LogP contribution in [0.5, 0.6) is 0 Å². The molecular formula is C14H22N4. The first-order valence-electron chi connectivity index (χ1n) is 6.55. The SMILES string of the molecule is CN=C(NN)N1CCC(Cc2ccccc2)CC1. The van der Waals surface area contributed by atoms with Crippen molar-refractivity contribution in [3.8, 4) is 0 Å². The smallest absolute Gasteiger partial charge is 0.208 e. The molecule has 98 valence electrons. The molecule has 1 aromatic carbocycles. The molecule has 1 fully saturated rings. The van der Waals surface area contributed by atoms with Crippen LogP contribution in [0.3, 0.4) is 0 Å². The summed E-state index contributed by atoms with van der Waals surface area (Å²) in [4.78, 5) is 6.37. The minimum absolute atomic E-state index is 0.777. The van der Waals surface area contributed by atoms with Crippen molar-refractivity contribution in [2.24, 2.45) is 16.8 Å². The number of nitrogens with two attached hydrogens (primary N) is 1. The third-order valence-electron chi connectivity index (χ3n) is 3.62. The number of aliphatic imine (C=N–C) groups is 1. The van der Waals surface area contributed by atoms with Gasteiger partial charge in [0, 0.05) is 20.1 Å². The fraction of sp³-hybridized carbons (Fsp3) is 0.500. The molecule has 1 saturated heterocycles. The lowest BCUT2D eigenvalue weighted by Crippen LogP contribution is -2.48. The first kappa shape index (κ1) is 12.9. The lowest BCUT2D eigenvalue weighted by molar-refractivity contribution is 0.259. The van der Waals surface area contributed by atoms with Crippen molar-refractivity contribution in [3.63, 3.8) is 0 Å². The number of rotatable bonds is 2. The van der Waals surface area contributed by atoms with Crippen LogP contribution in [-0.2, 0) is 6.42 Å². The maximum Gasteiger partial charge on any atom is 0.208 e. The van der Waals surface area contributed by atoms with E-state index in [-0.39, 0.29) is 0 Å². The van der Waals surface area contributed by atoms with Gasteiger partial charge in [-0.3, -0.25) is 10.4 Å². The molecule has 4 nitrogen and oxygen atoms in total. The Morgan fingerprint density at radius 1 is 1.33 bits per heavy atom. The van der Waals surface area contributed by atoms with Gasteiger partial charge in [-0.1, -0.05) is 30.3 Å². The molecule has 0 spiro atoms. The highest BCUT2D eigenvalue weighted by molar-refractivity contribution is 5.79. The second kappa shape index (κ2) is 6.40. The molecule has 2 rings (SSSR count). The molecule has 1 aliphatic rings. The topological polar surface area (TPSA) is 53.6 Å². The first-order valence-corrected chi connectivity index (χ1v) is 6.55. The Labute approximate surface area is 109 Å². The van der Waals surface area contributed by atoms with Crippen molar-refractivity contribution in [2.45, 2.75) is 19.3 Å². The summed E-state index contributed by atoms with van der Waals surface area (Å²) in [5.74, 6) is 7.03. The van der Waals surface area contributed by atoms with E-state index in [9.17, 15) is 0 Å². The number of hydrazine groups is 1. The maximum absolute atomic E-state index is 5.45. The molecule has 0 bridgehead atoms. The minimum atomic E-state index is 0.777. The molecule has 0 aromatic heterocycles. The van der Waals surface area contributed by atoms with Crippen molar-refractivity contribution < 1.29 is 0 Å². The van der Waals surface area contributed by atoms with E-state index in [2.05, 4.69) is 45.6 Å². The van der Waals surface area contributed by atoms with Crippen LogP contribution in [0.25, 0.3) is 0 Å². The van der Waals surface area contributed by atoms with E-state index in [0.717, 1.165) is 25.0 Å². The number of hydrogen-bond acceptors (Lipinski definition) is 2. The van der Waals surface area contributed by atoms with Crippen molar-refractivity contribution in [1.82, 2.24) is 10.3 Å². The second-order valence-corrected chi connectivity index (χ2v) is 4.81. The van der Waals surface area contributed by atoms with Crippen LogP contribution < -0.4 is 11.3 Å². The zero-order valence-electron chi connectivity index (χ0n) is 11.0. The Hall–Kier alpha value is -1.55. The molecule has 3 N–H and O–H groups in total. The molecule has 4 heteroatoms. The van der Waals surface area contributed by atoms with Crippen molar-refractivity contribution in [3.05, 3.63) is 35.9 Å². The summed E-state index contributed by atoms with van der Waals surface area (Å²) in [6, 6.07) is 10.7. The van der Waals surface area contributed by atoms with Crippen LogP contribution in [0.15, 0.2) is 35.3 Å². The minimum Gasteiger partial charge on any atom is -0.342 e. The molecule has 1 aliphatic heterocycles. The first-order chi connectivity index (χ1) is 8.83. The third-order valence-corrected chi connectivity index (χ3v) is 3.62. The maximum atomic E-state index is 5.45. The average molecular weight is 246 g/mol. The molecule has 0 radical (unpaired) electrons. The fourth-order valence-corrected chi connectivity index (χ4v) is 2.59. The quantitative estimate of drug-likeness (QED) is 0.359. The molecule has 0 aliphatic carbocycles. The highest BCUT2D eigenvalue weighted by Crippen LogP contribution is 2.21. The van der Waals surface area contributed by atoms with Crippen LogP contribution in [0, 0.1) is 5.92 Å². The Bertz CT molecular complexity index is 380. The zero-order valence-corrected chi connectivity index (χ0v) is 11.0. The second-order valence-electron chi connectivity index (χ2n) is 4.81. The number of nitrogens with one attached hydrogen (secondary N) is 1. The summed E-state index contributed by atoms with van der Waals surface area (Å²) in [6.45, 7) is 2.07. The van der Waals surface area contributed by atoms with Gasteiger partial charge in [-0.15, -0.1) is 0 Å². The number of guanidine groups is 1. The molecule has 0 amide bonds. The molecule has 0 atom stereocenters. The van der Waals surface area contributed by atoms with Crippen molar-refractivity contribution in [1.29, 1.82) is 0 Å². The van der Waals surface area contributed by atoms with Crippen LogP contribution in [-0.4, -0.2) is 31.0 Å². The molecular weight excluding hydrogens is 224 g/mol. The summed E-state index contributed by atoms with van der Waals surface area (Å²) >= 11 is 0. The molecule has 18 heavy (non-hydrogen) atoms. The van der Waals surface area contributed by atoms with Crippen LogP contribution in [0.1, 0.15) is 18.4 Å². The van der Waals surface area contributed by atoms with Crippen LogP contribution >= 0.6 is 0 Å². The highest BCUT2D eigenvalue weighted by Gasteiger charge is 2.21. The van der Waals surface area contributed by atoms with Gasteiger partial charge in [0.05, 0.1) is 0 Å². The highest BCUT2D eigenvalue weighted by atomic mass is 15.4. The standard InChI is InChI=1S/C14H22N4/c1-16-14(17-15)18-9-7-13(8-10-18)11-12-5-3-2-4-6-12/h2-6,13H,7-11,15H2,1H3,(H,16,17). The number of likely N-dealkylation sites (tertiary alicyclic amines) is 1. The number of nitrogens with zero attached hydrogens (tertiary/aromatic N) is 2. The van der Waals surface area contributed by atoms with E-state index in [0.29, 0.717) is 0 Å². The summed E-state index contributed by atoms with van der Waals surface area (Å²) in [7, 11) is 1.77. The average Bonchev–Trinajstić information content (AvgIpc) is 2.43. The summed E-state index contributed by atoms with van der Waals surface area (Å²) < 4.78 is 0. The van der Waals surface area contributed by atoms with E-state index in [1.807, 2.05) is 0 Å². The van der Waals surface area contributed by atoms with Crippen LogP contribution in [0.4, 0.5) is 0 Å². The monoisotopic (exact) mass is 246 g/mol. The Kier molecular flexibility index (Phi) is 4.59. The Balaban J connectivity index is 1.84. The van der Waals surface area contributed by atoms with Crippen molar-refractivity contribution in [2.75, 3.05) is 20.1 Å². The van der Waals surface area contributed by atoms with Gasteiger partial charge in [-0.2, -0.15) is 0 Å². The third kappa shape index (κ3) is 3.23. The number of benzene rings is 1.